The first-order valence-electron chi connectivity index (χ1n) is 18.9. The quantitative estimate of drug-likeness (QED) is 0.0798. The van der Waals surface area contributed by atoms with Crippen molar-refractivity contribution in [2.24, 2.45) is 0 Å². The molecule has 0 aromatic heterocycles. The Morgan fingerprint density at radius 3 is 1.38 bits per heavy atom. The van der Waals surface area contributed by atoms with Gasteiger partial charge in [-0.3, -0.25) is 0 Å². The summed E-state index contributed by atoms with van der Waals surface area (Å²) in [5.74, 6) is -0.526. The van der Waals surface area contributed by atoms with E-state index in [4.69, 9.17) is 42.6 Å². The molecule has 7 rings (SSSR count). The molecule has 10 nitrogen and oxygen atoms in total. The molecule has 10 heteroatoms. The number of methoxy groups -OCH3 is 1. The first-order chi connectivity index (χ1) is 27.6. The van der Waals surface area contributed by atoms with Crippen LogP contribution in [-0.2, 0) is 69.1 Å². The fourth-order valence-electron chi connectivity index (χ4n) is 6.80. The molecule has 2 heterocycles. The van der Waals surface area contributed by atoms with Gasteiger partial charge in [0.05, 0.1) is 45.2 Å². The van der Waals surface area contributed by atoms with Gasteiger partial charge in [-0.1, -0.05) is 140 Å². The molecule has 0 N–H and O–H groups in total. The molecule has 0 saturated carbocycles. The Hall–Kier alpha value is -4.75. The zero-order valence-corrected chi connectivity index (χ0v) is 31.4. The van der Waals surface area contributed by atoms with E-state index in [0.717, 1.165) is 22.3 Å². The van der Waals surface area contributed by atoms with Crippen LogP contribution in [0.5, 0.6) is 0 Å². The molecular formula is C46H48O10. The molecule has 0 spiro atoms. The van der Waals surface area contributed by atoms with E-state index in [9.17, 15) is 4.79 Å². The molecule has 2 fully saturated rings. The highest BCUT2D eigenvalue weighted by Gasteiger charge is 2.51. The highest BCUT2D eigenvalue weighted by molar-refractivity contribution is 5.89. The van der Waals surface area contributed by atoms with Crippen molar-refractivity contribution in [1.82, 2.24) is 0 Å². The molecule has 292 valence electrons. The van der Waals surface area contributed by atoms with Gasteiger partial charge in [0.25, 0.3) is 0 Å². The Morgan fingerprint density at radius 2 is 0.875 bits per heavy atom. The third kappa shape index (κ3) is 10.8. The zero-order valence-electron chi connectivity index (χ0n) is 31.4. The predicted octanol–water partition coefficient (Wildman–Crippen LogP) is 7.30. The normalized spacial score (nSPS) is 24.6. The molecular weight excluding hydrogens is 712 g/mol. The topological polar surface area (TPSA) is 100 Å². The second kappa shape index (κ2) is 20.4. The van der Waals surface area contributed by atoms with E-state index >= 15 is 0 Å². The third-order valence-electron chi connectivity index (χ3n) is 9.69. The summed E-state index contributed by atoms with van der Waals surface area (Å²) in [6.07, 6.45) is -5.86. The highest BCUT2D eigenvalue weighted by atomic mass is 16.8. The van der Waals surface area contributed by atoms with E-state index in [2.05, 4.69) is 0 Å². The summed E-state index contributed by atoms with van der Waals surface area (Å²) >= 11 is 0. The van der Waals surface area contributed by atoms with Crippen LogP contribution in [0.3, 0.4) is 0 Å². The average Bonchev–Trinajstić information content (AvgIpc) is 3.77. The van der Waals surface area contributed by atoms with Crippen molar-refractivity contribution in [1.29, 1.82) is 0 Å². The van der Waals surface area contributed by atoms with E-state index in [0.29, 0.717) is 25.4 Å². The van der Waals surface area contributed by atoms with E-state index < -0.39 is 55.2 Å². The lowest BCUT2D eigenvalue weighted by Gasteiger charge is -2.27. The molecule has 0 amide bonds. The molecule has 0 unspecified atom stereocenters. The third-order valence-corrected chi connectivity index (χ3v) is 9.69. The van der Waals surface area contributed by atoms with Crippen LogP contribution in [0.15, 0.2) is 152 Å². The van der Waals surface area contributed by atoms with Gasteiger partial charge in [-0.25, -0.2) is 4.79 Å². The predicted molar refractivity (Wildman–Crippen MR) is 207 cm³/mol. The average molecular weight is 761 g/mol. The van der Waals surface area contributed by atoms with Gasteiger partial charge in [0.15, 0.2) is 18.7 Å². The number of hydrogen-bond donors (Lipinski definition) is 0. The van der Waals surface area contributed by atoms with Gasteiger partial charge in [-0.2, -0.15) is 0 Å². The van der Waals surface area contributed by atoms with Gasteiger partial charge in [0.1, 0.15) is 30.5 Å². The molecule has 0 bridgehead atoms. The maximum Gasteiger partial charge on any atom is 0.338 e. The Kier molecular flexibility index (Phi) is 14.4. The summed E-state index contributed by atoms with van der Waals surface area (Å²) in [5.41, 5.74) is 4.38. The lowest BCUT2D eigenvalue weighted by atomic mass is 10.1. The fourth-order valence-corrected chi connectivity index (χ4v) is 6.80. The summed E-state index contributed by atoms with van der Waals surface area (Å²) in [7, 11) is 1.58. The van der Waals surface area contributed by atoms with E-state index in [1.54, 1.807) is 31.4 Å². The molecule has 0 radical (unpaired) electrons. The monoisotopic (exact) mass is 760 g/mol. The second-order valence-corrected chi connectivity index (χ2v) is 13.7. The fraction of sp³-hybridized carbons (Fsp3) is 0.326. The SMILES string of the molecule is CO[C@H]1O[C@H](CO[C@H]2O[C@H](COCc3ccccc3)[C@@H](OCc3ccccc3)[C@@H]2OC(=O)c2ccccc2)[C@@H](OCc2ccccc2)[C@@H]1OCc1ccccc1. The van der Waals surface area contributed by atoms with Crippen molar-refractivity contribution < 1.29 is 47.4 Å². The molecule has 2 aliphatic rings. The highest BCUT2D eigenvalue weighted by Crippen LogP contribution is 2.33. The van der Waals surface area contributed by atoms with Crippen LogP contribution in [-0.4, -0.2) is 75.5 Å². The molecule has 2 saturated heterocycles. The van der Waals surface area contributed by atoms with Crippen LogP contribution in [0, 0.1) is 0 Å². The van der Waals surface area contributed by atoms with Crippen LogP contribution in [0.4, 0.5) is 0 Å². The minimum Gasteiger partial charge on any atom is -0.450 e. The van der Waals surface area contributed by atoms with Crippen molar-refractivity contribution in [3.63, 3.8) is 0 Å². The second-order valence-electron chi connectivity index (χ2n) is 13.7. The van der Waals surface area contributed by atoms with Crippen molar-refractivity contribution in [3.8, 4) is 0 Å². The lowest BCUT2D eigenvalue weighted by molar-refractivity contribution is -0.205. The number of benzene rings is 5. The van der Waals surface area contributed by atoms with Crippen LogP contribution in [0.25, 0.3) is 0 Å². The maximum atomic E-state index is 13.6. The largest absolute Gasteiger partial charge is 0.450 e. The first kappa shape index (κ1) is 39.5. The Balaban J connectivity index is 1.11. The molecule has 56 heavy (non-hydrogen) atoms. The van der Waals surface area contributed by atoms with Gasteiger partial charge in [0.2, 0.25) is 0 Å². The lowest BCUT2D eigenvalue weighted by Crippen LogP contribution is -2.43. The number of rotatable bonds is 19. The van der Waals surface area contributed by atoms with Crippen LogP contribution >= 0.6 is 0 Å². The van der Waals surface area contributed by atoms with Crippen LogP contribution < -0.4 is 0 Å². The van der Waals surface area contributed by atoms with Crippen molar-refractivity contribution in [2.45, 2.75) is 75.6 Å². The van der Waals surface area contributed by atoms with Crippen LogP contribution in [0.1, 0.15) is 32.6 Å². The van der Waals surface area contributed by atoms with Crippen molar-refractivity contribution in [2.75, 3.05) is 20.3 Å². The Morgan fingerprint density at radius 1 is 0.464 bits per heavy atom. The summed E-state index contributed by atoms with van der Waals surface area (Å²) in [4.78, 5) is 13.6. The Labute approximate surface area is 328 Å². The smallest absolute Gasteiger partial charge is 0.338 e. The minimum atomic E-state index is -1.03. The van der Waals surface area contributed by atoms with Crippen LogP contribution in [0.2, 0.25) is 0 Å². The Bertz CT molecular complexity index is 1870. The van der Waals surface area contributed by atoms with Gasteiger partial charge in [0, 0.05) is 7.11 Å². The van der Waals surface area contributed by atoms with Gasteiger partial charge in [-0.15, -0.1) is 0 Å². The molecule has 5 aromatic carbocycles. The number of esters is 1. The van der Waals surface area contributed by atoms with Gasteiger partial charge >= 0.3 is 5.97 Å². The van der Waals surface area contributed by atoms with E-state index in [1.165, 1.54) is 0 Å². The van der Waals surface area contributed by atoms with Crippen molar-refractivity contribution >= 4 is 5.97 Å². The zero-order chi connectivity index (χ0) is 38.4. The number of ether oxygens (including phenoxy) is 9. The maximum absolute atomic E-state index is 13.6. The number of carbonyl (C=O) groups is 1. The molecule has 0 aliphatic carbocycles. The minimum absolute atomic E-state index is 0.0115. The molecule has 8 atom stereocenters. The molecule has 5 aromatic rings. The van der Waals surface area contributed by atoms with Gasteiger partial charge < -0.3 is 42.6 Å². The summed E-state index contributed by atoms with van der Waals surface area (Å²) in [6.45, 7) is 1.45. The molecule has 2 aliphatic heterocycles. The van der Waals surface area contributed by atoms with Crippen molar-refractivity contribution in [3.05, 3.63) is 179 Å². The summed E-state index contributed by atoms with van der Waals surface area (Å²) in [5, 5.41) is 0. The van der Waals surface area contributed by atoms with E-state index in [1.807, 2.05) is 127 Å². The number of hydrogen-bond acceptors (Lipinski definition) is 10. The first-order valence-corrected chi connectivity index (χ1v) is 18.9. The number of carbonyl (C=O) groups excluding carboxylic acids is 1. The van der Waals surface area contributed by atoms with E-state index in [-0.39, 0.29) is 19.8 Å². The van der Waals surface area contributed by atoms with Gasteiger partial charge in [-0.05, 0) is 34.4 Å². The summed E-state index contributed by atoms with van der Waals surface area (Å²) < 4.78 is 57.2. The summed E-state index contributed by atoms with van der Waals surface area (Å²) in [6, 6.07) is 48.3. The standard InChI is InChI=1S/C46H48O10/c1-48-45-42(52-30-36-23-13-5-14-24-36)40(50-28-34-19-9-3-10-20-34)39(54-45)32-53-46-43(56-44(47)37-25-15-6-16-26-37)41(51-29-35-21-11-4-12-22-35)38(55-46)31-49-27-33-17-7-2-8-18-33/h2-26,38-43,45-46H,27-32H2,1H3/t38-,39-,40-,41-,42+,43+,45+,46+/m1/s1.